The van der Waals surface area contributed by atoms with Gasteiger partial charge in [0.15, 0.2) is 5.69 Å². The molecule has 2 heterocycles. The second-order valence-corrected chi connectivity index (χ2v) is 6.38. The van der Waals surface area contributed by atoms with Gasteiger partial charge in [0, 0.05) is 5.69 Å². The molecule has 1 aromatic carbocycles. The quantitative estimate of drug-likeness (QED) is 0.779. The van der Waals surface area contributed by atoms with Gasteiger partial charge in [0.25, 0.3) is 5.91 Å². The molecule has 25 heavy (non-hydrogen) atoms. The van der Waals surface area contributed by atoms with Crippen molar-refractivity contribution in [1.82, 2.24) is 25.3 Å². The lowest BCUT2D eigenvalue weighted by molar-refractivity contribution is 0.0925. The van der Waals surface area contributed by atoms with Gasteiger partial charge in [-0.05, 0) is 49.9 Å². The summed E-state index contributed by atoms with van der Waals surface area (Å²) in [6.07, 6.45) is 3.87. The molecule has 3 aromatic rings. The van der Waals surface area contributed by atoms with Crippen molar-refractivity contribution in [1.29, 1.82) is 0 Å². The van der Waals surface area contributed by atoms with E-state index in [2.05, 4.69) is 20.6 Å². The molecule has 0 unspecified atom stereocenters. The topological polar surface area (TPSA) is 72.7 Å². The van der Waals surface area contributed by atoms with E-state index in [9.17, 15) is 4.79 Å². The minimum atomic E-state index is -0.220. The van der Waals surface area contributed by atoms with Gasteiger partial charge in [0.2, 0.25) is 0 Å². The van der Waals surface area contributed by atoms with Gasteiger partial charge in [-0.15, -0.1) is 5.10 Å². The van der Waals surface area contributed by atoms with Crippen molar-refractivity contribution in [2.45, 2.75) is 25.8 Å². The lowest BCUT2D eigenvalue weighted by Crippen LogP contribution is -2.30. The van der Waals surface area contributed by atoms with E-state index in [-0.39, 0.29) is 11.9 Å². The fourth-order valence-electron chi connectivity index (χ4n) is 2.89. The molecule has 126 valence electrons. The van der Waals surface area contributed by atoms with Gasteiger partial charge in [-0.3, -0.25) is 9.78 Å². The summed E-state index contributed by atoms with van der Waals surface area (Å²) in [4.78, 5) is 17.2. The van der Waals surface area contributed by atoms with Crippen molar-refractivity contribution in [3.05, 3.63) is 71.8 Å². The first-order valence-electron chi connectivity index (χ1n) is 8.43. The van der Waals surface area contributed by atoms with E-state index in [0.717, 1.165) is 29.9 Å². The van der Waals surface area contributed by atoms with E-state index < -0.39 is 0 Å². The Hall–Kier alpha value is -3.02. The van der Waals surface area contributed by atoms with Gasteiger partial charge in [-0.25, -0.2) is 4.68 Å². The molecule has 6 heteroatoms. The number of amides is 1. The van der Waals surface area contributed by atoms with Crippen molar-refractivity contribution < 1.29 is 4.79 Å². The maximum Gasteiger partial charge on any atom is 0.274 e. The average molecular weight is 333 g/mol. The second kappa shape index (κ2) is 6.47. The van der Waals surface area contributed by atoms with E-state index in [4.69, 9.17) is 0 Å². The summed E-state index contributed by atoms with van der Waals surface area (Å²) in [7, 11) is 0. The number of aryl methyl sites for hydroxylation is 1. The second-order valence-electron chi connectivity index (χ2n) is 6.38. The number of nitrogens with zero attached hydrogens (tertiary/aromatic N) is 4. The van der Waals surface area contributed by atoms with Gasteiger partial charge in [0.05, 0.1) is 23.6 Å². The summed E-state index contributed by atoms with van der Waals surface area (Å²) >= 11 is 0. The van der Waals surface area contributed by atoms with Gasteiger partial charge in [-0.2, -0.15) is 0 Å². The standard InChI is InChI=1S/C19H19N5O/c1-13-6-5-9-16(20-13)18(14-10-11-14)21-19(25)17-12-24(23-22-17)15-7-3-2-4-8-15/h2-9,12,14,18H,10-11H2,1H3,(H,21,25)/t18-/m1/s1. The molecule has 1 N–H and O–H groups in total. The van der Waals surface area contributed by atoms with Crippen LogP contribution in [0, 0.1) is 12.8 Å². The van der Waals surface area contributed by atoms with E-state index in [0.29, 0.717) is 11.6 Å². The number of rotatable bonds is 5. The monoisotopic (exact) mass is 333 g/mol. The van der Waals surface area contributed by atoms with Crippen LogP contribution in [0.3, 0.4) is 0 Å². The Kier molecular flexibility index (Phi) is 4.01. The fraction of sp³-hybridized carbons (Fsp3) is 0.263. The molecule has 1 fully saturated rings. The maximum atomic E-state index is 12.6. The normalized spacial score (nSPS) is 14.9. The van der Waals surface area contributed by atoms with Gasteiger partial charge in [0.1, 0.15) is 0 Å². The zero-order chi connectivity index (χ0) is 17.2. The third kappa shape index (κ3) is 3.42. The summed E-state index contributed by atoms with van der Waals surface area (Å²) in [6.45, 7) is 1.96. The maximum absolute atomic E-state index is 12.6. The lowest BCUT2D eigenvalue weighted by Gasteiger charge is -2.17. The Bertz CT molecular complexity index is 886. The highest BCUT2D eigenvalue weighted by molar-refractivity contribution is 5.92. The number of pyridine rings is 1. The number of nitrogens with one attached hydrogen (secondary N) is 1. The molecule has 0 saturated heterocycles. The molecular formula is C19H19N5O. The van der Waals surface area contributed by atoms with E-state index in [1.165, 1.54) is 0 Å². The minimum absolute atomic E-state index is 0.0747. The van der Waals surface area contributed by atoms with Crippen LogP contribution in [0.1, 0.15) is 40.8 Å². The Morgan fingerprint density at radius 3 is 2.68 bits per heavy atom. The first-order chi connectivity index (χ1) is 12.2. The smallest absolute Gasteiger partial charge is 0.274 e. The zero-order valence-corrected chi connectivity index (χ0v) is 14.0. The van der Waals surface area contributed by atoms with Crippen LogP contribution < -0.4 is 5.32 Å². The van der Waals surface area contributed by atoms with Gasteiger partial charge in [-0.1, -0.05) is 29.5 Å². The van der Waals surface area contributed by atoms with Crippen LogP contribution in [0.15, 0.2) is 54.7 Å². The number of para-hydroxylation sites is 1. The van der Waals surface area contributed by atoms with Gasteiger partial charge >= 0.3 is 0 Å². The molecular weight excluding hydrogens is 314 g/mol. The number of carbonyl (C=O) groups excluding carboxylic acids is 1. The van der Waals surface area contributed by atoms with E-state index >= 15 is 0 Å². The van der Waals surface area contributed by atoms with Crippen molar-refractivity contribution in [2.75, 3.05) is 0 Å². The zero-order valence-electron chi connectivity index (χ0n) is 14.0. The van der Waals surface area contributed by atoms with E-state index in [1.807, 2.05) is 55.5 Å². The molecule has 1 atom stereocenters. The minimum Gasteiger partial charge on any atom is -0.342 e. The molecule has 2 aromatic heterocycles. The first-order valence-corrected chi connectivity index (χ1v) is 8.43. The molecule has 1 amide bonds. The summed E-state index contributed by atoms with van der Waals surface area (Å²) in [5, 5.41) is 11.2. The Labute approximate surface area is 145 Å². The summed E-state index contributed by atoms with van der Waals surface area (Å²) in [6, 6.07) is 15.4. The summed E-state index contributed by atoms with van der Waals surface area (Å²) in [5.41, 5.74) is 3.04. The van der Waals surface area contributed by atoms with Crippen LogP contribution in [0.2, 0.25) is 0 Å². The van der Waals surface area contributed by atoms with Crippen LogP contribution in [-0.4, -0.2) is 25.9 Å². The predicted molar refractivity (Wildman–Crippen MR) is 93.3 cm³/mol. The van der Waals surface area contributed by atoms with Crippen LogP contribution in [0.5, 0.6) is 0 Å². The SMILES string of the molecule is Cc1cccc([C@H](NC(=O)c2cn(-c3ccccc3)nn2)C2CC2)n1. The fourth-order valence-corrected chi connectivity index (χ4v) is 2.89. The third-order valence-electron chi connectivity index (χ3n) is 4.36. The first kappa shape index (κ1) is 15.5. The number of hydrogen-bond donors (Lipinski definition) is 1. The Morgan fingerprint density at radius 1 is 1.16 bits per heavy atom. The van der Waals surface area contributed by atoms with Crippen molar-refractivity contribution in [3.8, 4) is 5.69 Å². The average Bonchev–Trinajstić information content (AvgIpc) is 3.35. The third-order valence-corrected chi connectivity index (χ3v) is 4.36. The highest BCUT2D eigenvalue weighted by Gasteiger charge is 2.35. The number of hydrogen-bond acceptors (Lipinski definition) is 4. The molecule has 1 aliphatic rings. The molecule has 0 aliphatic heterocycles. The van der Waals surface area contributed by atoms with Crippen LogP contribution in [0.4, 0.5) is 0 Å². The summed E-state index contributed by atoms with van der Waals surface area (Å²) < 4.78 is 1.60. The van der Waals surface area contributed by atoms with Crippen molar-refractivity contribution >= 4 is 5.91 Å². The Balaban J connectivity index is 1.53. The molecule has 0 bridgehead atoms. The number of benzene rings is 1. The van der Waals surface area contributed by atoms with Gasteiger partial charge < -0.3 is 5.32 Å². The lowest BCUT2D eigenvalue weighted by atomic mass is 10.1. The molecule has 0 spiro atoms. The molecule has 1 aliphatic carbocycles. The molecule has 6 nitrogen and oxygen atoms in total. The number of carbonyl (C=O) groups is 1. The van der Waals surface area contributed by atoms with Crippen LogP contribution in [-0.2, 0) is 0 Å². The largest absolute Gasteiger partial charge is 0.342 e. The molecule has 1 saturated carbocycles. The van der Waals surface area contributed by atoms with Crippen LogP contribution in [0.25, 0.3) is 5.69 Å². The van der Waals surface area contributed by atoms with Crippen molar-refractivity contribution in [3.63, 3.8) is 0 Å². The van der Waals surface area contributed by atoms with E-state index in [1.54, 1.807) is 10.9 Å². The molecule has 4 rings (SSSR count). The summed E-state index contributed by atoms with van der Waals surface area (Å²) in [5.74, 6) is 0.227. The highest BCUT2D eigenvalue weighted by atomic mass is 16.2. The Morgan fingerprint density at radius 2 is 1.96 bits per heavy atom. The molecule has 0 radical (unpaired) electrons. The highest BCUT2D eigenvalue weighted by Crippen LogP contribution is 2.40. The number of aromatic nitrogens is 4. The van der Waals surface area contributed by atoms with Crippen LogP contribution >= 0.6 is 0 Å². The van der Waals surface area contributed by atoms with Crippen molar-refractivity contribution in [2.24, 2.45) is 5.92 Å². The predicted octanol–water partition coefficient (Wildman–Crippen LogP) is 2.85.